The lowest BCUT2D eigenvalue weighted by atomic mass is 10.1. The van der Waals surface area contributed by atoms with Gasteiger partial charge in [0.25, 0.3) is 5.91 Å². The molecule has 1 heterocycles. The fourth-order valence-electron chi connectivity index (χ4n) is 3.07. The molecule has 1 aliphatic carbocycles. The fourth-order valence-corrected chi connectivity index (χ4v) is 3.07. The van der Waals surface area contributed by atoms with Gasteiger partial charge in [0.05, 0.1) is 11.7 Å². The van der Waals surface area contributed by atoms with Crippen molar-refractivity contribution >= 4 is 5.91 Å². The van der Waals surface area contributed by atoms with E-state index in [1.165, 1.54) is 12.8 Å². The minimum absolute atomic E-state index is 0.0233. The van der Waals surface area contributed by atoms with Crippen LogP contribution in [0.15, 0.2) is 24.3 Å². The molecular formula is C17H23NO3. The number of carbonyl (C=O) groups excluding carboxylic acids is 1. The molecule has 1 saturated carbocycles. The van der Waals surface area contributed by atoms with Crippen molar-refractivity contribution in [3.8, 4) is 5.75 Å². The van der Waals surface area contributed by atoms with Crippen molar-refractivity contribution in [3.05, 3.63) is 29.8 Å². The van der Waals surface area contributed by atoms with E-state index in [9.17, 15) is 4.79 Å². The van der Waals surface area contributed by atoms with Crippen LogP contribution < -0.4 is 10.1 Å². The van der Waals surface area contributed by atoms with Gasteiger partial charge in [-0.3, -0.25) is 4.79 Å². The van der Waals surface area contributed by atoms with E-state index in [2.05, 4.69) is 5.32 Å². The van der Waals surface area contributed by atoms with Crippen molar-refractivity contribution in [2.75, 3.05) is 13.2 Å². The Morgan fingerprint density at radius 1 is 1.19 bits per heavy atom. The number of nitrogens with one attached hydrogen (secondary N) is 1. The summed E-state index contributed by atoms with van der Waals surface area (Å²) in [5.74, 6) is 0.633. The molecular weight excluding hydrogens is 266 g/mol. The van der Waals surface area contributed by atoms with Crippen LogP contribution in [-0.2, 0) is 4.74 Å². The largest absolute Gasteiger partial charge is 0.490 e. The van der Waals surface area contributed by atoms with Crippen molar-refractivity contribution in [3.63, 3.8) is 0 Å². The van der Waals surface area contributed by atoms with Gasteiger partial charge < -0.3 is 14.8 Å². The Balaban J connectivity index is 1.61. The van der Waals surface area contributed by atoms with E-state index in [-0.39, 0.29) is 12.0 Å². The predicted molar refractivity (Wildman–Crippen MR) is 80.6 cm³/mol. The molecule has 2 fully saturated rings. The topological polar surface area (TPSA) is 47.6 Å². The van der Waals surface area contributed by atoms with Crippen LogP contribution in [0.2, 0.25) is 0 Å². The molecule has 1 atom stereocenters. The van der Waals surface area contributed by atoms with Crippen LogP contribution in [0.1, 0.15) is 48.9 Å². The molecule has 2 aliphatic rings. The third kappa shape index (κ3) is 3.76. The molecule has 0 aromatic heterocycles. The van der Waals surface area contributed by atoms with Gasteiger partial charge in [0.15, 0.2) is 0 Å². The van der Waals surface area contributed by atoms with Gasteiger partial charge in [-0.1, -0.05) is 25.0 Å². The van der Waals surface area contributed by atoms with Crippen LogP contribution in [0.4, 0.5) is 0 Å². The first-order valence-electron chi connectivity index (χ1n) is 7.97. The Hall–Kier alpha value is -1.55. The zero-order valence-corrected chi connectivity index (χ0v) is 12.3. The number of benzene rings is 1. The summed E-state index contributed by atoms with van der Waals surface area (Å²) >= 11 is 0. The number of ether oxygens (including phenoxy) is 2. The van der Waals surface area contributed by atoms with Crippen molar-refractivity contribution in [2.45, 2.75) is 50.7 Å². The number of para-hydroxylation sites is 1. The smallest absolute Gasteiger partial charge is 0.255 e. The highest BCUT2D eigenvalue weighted by molar-refractivity contribution is 5.97. The maximum atomic E-state index is 12.4. The zero-order chi connectivity index (χ0) is 14.5. The van der Waals surface area contributed by atoms with Gasteiger partial charge in [0, 0.05) is 12.6 Å². The highest BCUT2D eigenvalue weighted by Crippen LogP contribution is 2.22. The second-order valence-corrected chi connectivity index (χ2v) is 5.90. The maximum absolute atomic E-state index is 12.4. The quantitative estimate of drug-likeness (QED) is 0.906. The van der Waals surface area contributed by atoms with Gasteiger partial charge in [-0.25, -0.2) is 0 Å². The Labute approximate surface area is 125 Å². The summed E-state index contributed by atoms with van der Waals surface area (Å²) in [6, 6.07) is 7.79. The molecule has 1 N–H and O–H groups in total. The van der Waals surface area contributed by atoms with Crippen molar-refractivity contribution in [1.29, 1.82) is 0 Å². The zero-order valence-electron chi connectivity index (χ0n) is 12.3. The minimum Gasteiger partial charge on any atom is -0.490 e. The number of rotatable bonds is 5. The van der Waals surface area contributed by atoms with Gasteiger partial charge in [0.2, 0.25) is 0 Å². The first-order valence-corrected chi connectivity index (χ1v) is 7.97. The van der Waals surface area contributed by atoms with E-state index >= 15 is 0 Å². The summed E-state index contributed by atoms with van der Waals surface area (Å²) in [5, 5.41) is 3.11. The number of carbonyl (C=O) groups is 1. The van der Waals surface area contributed by atoms with Crippen LogP contribution >= 0.6 is 0 Å². The summed E-state index contributed by atoms with van der Waals surface area (Å²) in [6.07, 6.45) is 6.89. The van der Waals surface area contributed by atoms with Crippen LogP contribution in [0.25, 0.3) is 0 Å². The molecule has 114 valence electrons. The minimum atomic E-state index is -0.0233. The molecule has 1 amide bonds. The van der Waals surface area contributed by atoms with Gasteiger partial charge in [-0.15, -0.1) is 0 Å². The van der Waals surface area contributed by atoms with Crippen LogP contribution in [0.3, 0.4) is 0 Å². The average molecular weight is 289 g/mol. The SMILES string of the molecule is O=C(NC1CCCC1)c1ccccc1OCC1CCCO1. The van der Waals surface area contributed by atoms with Gasteiger partial charge >= 0.3 is 0 Å². The lowest BCUT2D eigenvalue weighted by molar-refractivity contribution is 0.0670. The van der Waals surface area contributed by atoms with E-state index in [1.54, 1.807) is 0 Å². The average Bonchev–Trinajstić information content (AvgIpc) is 3.18. The number of hydrogen-bond acceptors (Lipinski definition) is 3. The lowest BCUT2D eigenvalue weighted by Crippen LogP contribution is -2.33. The summed E-state index contributed by atoms with van der Waals surface area (Å²) in [6.45, 7) is 1.34. The highest BCUT2D eigenvalue weighted by Gasteiger charge is 2.21. The number of amides is 1. The van der Waals surface area contributed by atoms with E-state index in [0.717, 1.165) is 32.3 Å². The van der Waals surface area contributed by atoms with E-state index in [4.69, 9.17) is 9.47 Å². The molecule has 1 saturated heterocycles. The molecule has 0 spiro atoms. The molecule has 4 heteroatoms. The first kappa shape index (κ1) is 14.4. The monoisotopic (exact) mass is 289 g/mol. The van der Waals surface area contributed by atoms with Crippen LogP contribution in [0, 0.1) is 0 Å². The van der Waals surface area contributed by atoms with Crippen molar-refractivity contribution in [1.82, 2.24) is 5.32 Å². The molecule has 1 aliphatic heterocycles. The molecule has 21 heavy (non-hydrogen) atoms. The Kier molecular flexibility index (Phi) is 4.76. The summed E-state index contributed by atoms with van der Waals surface area (Å²) in [5.41, 5.74) is 0.627. The van der Waals surface area contributed by atoms with Crippen LogP contribution in [0.5, 0.6) is 5.75 Å². The third-order valence-corrected chi connectivity index (χ3v) is 4.27. The van der Waals surface area contributed by atoms with Gasteiger partial charge in [-0.2, -0.15) is 0 Å². The summed E-state index contributed by atoms with van der Waals surface area (Å²) in [4.78, 5) is 12.4. The third-order valence-electron chi connectivity index (χ3n) is 4.27. The maximum Gasteiger partial charge on any atom is 0.255 e. The molecule has 3 rings (SSSR count). The lowest BCUT2D eigenvalue weighted by Gasteiger charge is -2.16. The fraction of sp³-hybridized carbons (Fsp3) is 0.588. The second-order valence-electron chi connectivity index (χ2n) is 5.90. The Morgan fingerprint density at radius 3 is 2.76 bits per heavy atom. The number of hydrogen-bond donors (Lipinski definition) is 1. The van der Waals surface area contributed by atoms with Crippen molar-refractivity contribution < 1.29 is 14.3 Å². The Bertz CT molecular complexity index is 477. The molecule has 1 aromatic carbocycles. The standard InChI is InChI=1S/C17H23NO3/c19-17(18-13-6-1-2-7-13)15-9-3-4-10-16(15)21-12-14-8-5-11-20-14/h3-4,9-10,13-14H,1-2,5-8,11-12H2,(H,18,19). The molecule has 4 nitrogen and oxygen atoms in total. The predicted octanol–water partition coefficient (Wildman–Crippen LogP) is 2.92. The normalized spacial score (nSPS) is 22.4. The van der Waals surface area contributed by atoms with Gasteiger partial charge in [-0.05, 0) is 37.8 Å². The molecule has 1 unspecified atom stereocenters. The van der Waals surface area contributed by atoms with Crippen molar-refractivity contribution in [2.24, 2.45) is 0 Å². The highest BCUT2D eigenvalue weighted by atomic mass is 16.5. The van der Waals surface area contributed by atoms with Gasteiger partial charge in [0.1, 0.15) is 12.4 Å². The summed E-state index contributed by atoms with van der Waals surface area (Å²) in [7, 11) is 0. The second kappa shape index (κ2) is 6.94. The van der Waals surface area contributed by atoms with E-state index in [0.29, 0.717) is 24.0 Å². The van der Waals surface area contributed by atoms with E-state index < -0.39 is 0 Å². The van der Waals surface area contributed by atoms with Crippen LogP contribution in [-0.4, -0.2) is 31.3 Å². The molecule has 1 aromatic rings. The van der Waals surface area contributed by atoms with E-state index in [1.807, 2.05) is 24.3 Å². The molecule has 0 radical (unpaired) electrons. The Morgan fingerprint density at radius 2 is 2.00 bits per heavy atom. The summed E-state index contributed by atoms with van der Waals surface area (Å²) < 4.78 is 11.4. The first-order chi connectivity index (χ1) is 10.3. The molecule has 0 bridgehead atoms.